The van der Waals surface area contributed by atoms with Crippen LogP contribution in [0, 0.1) is 11.3 Å². The molecule has 0 amide bonds. The smallest absolute Gasteiger partial charge is 0.403 e. The molecule has 1 saturated heterocycles. The minimum atomic E-state index is -0.339. The number of rotatable bonds is 3. The molecule has 1 unspecified atom stereocenters. The Morgan fingerprint density at radius 2 is 1.63 bits per heavy atom. The normalized spacial score (nSPS) is 21.9. The molecular formula is C15H20BNO2. The fourth-order valence-electron chi connectivity index (χ4n) is 2.20. The van der Waals surface area contributed by atoms with Gasteiger partial charge in [0.1, 0.15) is 0 Å². The van der Waals surface area contributed by atoms with E-state index in [2.05, 4.69) is 6.07 Å². The van der Waals surface area contributed by atoms with Crippen LogP contribution < -0.4 is 0 Å². The van der Waals surface area contributed by atoms with Crippen LogP contribution in [0.4, 0.5) is 0 Å². The Balaban J connectivity index is 2.08. The zero-order valence-corrected chi connectivity index (χ0v) is 12.0. The van der Waals surface area contributed by atoms with Crippen LogP contribution in [0.15, 0.2) is 30.3 Å². The highest BCUT2D eigenvalue weighted by molar-refractivity contribution is 6.45. The summed E-state index contributed by atoms with van der Waals surface area (Å²) in [5.74, 6) is -0.198. The summed E-state index contributed by atoms with van der Waals surface area (Å²) in [6.45, 7) is 8.10. The lowest BCUT2D eigenvalue weighted by atomic mass is 9.75. The molecule has 0 aliphatic carbocycles. The Morgan fingerprint density at radius 3 is 2.11 bits per heavy atom. The second-order valence-electron chi connectivity index (χ2n) is 6.01. The molecule has 1 atom stereocenters. The number of nitriles is 1. The standard InChI is InChI=1S/C15H20BNO2/c1-14(2)15(3,4)19-16(18-14)10-13(11-17)12-8-6-5-7-9-12/h5-9,13H,10H2,1-4H3. The quantitative estimate of drug-likeness (QED) is 0.779. The lowest BCUT2D eigenvalue weighted by Gasteiger charge is -2.32. The van der Waals surface area contributed by atoms with E-state index in [9.17, 15) is 5.26 Å². The van der Waals surface area contributed by atoms with Crippen molar-refractivity contribution in [1.29, 1.82) is 5.26 Å². The molecule has 1 heterocycles. The van der Waals surface area contributed by atoms with Crippen molar-refractivity contribution in [1.82, 2.24) is 0 Å². The predicted molar refractivity (Wildman–Crippen MR) is 75.7 cm³/mol. The molecule has 3 nitrogen and oxygen atoms in total. The van der Waals surface area contributed by atoms with Crippen LogP contribution in [-0.2, 0) is 9.31 Å². The molecular weight excluding hydrogens is 237 g/mol. The Hall–Kier alpha value is -1.31. The van der Waals surface area contributed by atoms with Crippen LogP contribution in [0.3, 0.4) is 0 Å². The lowest BCUT2D eigenvalue weighted by Crippen LogP contribution is -2.41. The van der Waals surface area contributed by atoms with Gasteiger partial charge in [-0.3, -0.25) is 0 Å². The molecule has 1 aliphatic heterocycles. The van der Waals surface area contributed by atoms with Gasteiger partial charge in [0.05, 0.1) is 23.2 Å². The highest BCUT2D eigenvalue weighted by Gasteiger charge is 2.51. The molecule has 0 radical (unpaired) electrons. The summed E-state index contributed by atoms with van der Waals surface area (Å²) in [6.07, 6.45) is 0.563. The zero-order chi connectivity index (χ0) is 14.1. The Bertz CT molecular complexity index is 463. The lowest BCUT2D eigenvalue weighted by molar-refractivity contribution is 0.00578. The third-order valence-corrected chi connectivity index (χ3v) is 4.09. The zero-order valence-electron chi connectivity index (χ0n) is 12.0. The maximum atomic E-state index is 9.34. The van der Waals surface area contributed by atoms with Gasteiger partial charge in [-0.15, -0.1) is 0 Å². The van der Waals surface area contributed by atoms with E-state index in [0.29, 0.717) is 6.32 Å². The largest absolute Gasteiger partial charge is 0.459 e. The monoisotopic (exact) mass is 257 g/mol. The van der Waals surface area contributed by atoms with Crippen molar-refractivity contribution < 1.29 is 9.31 Å². The van der Waals surface area contributed by atoms with Crippen molar-refractivity contribution in [3.8, 4) is 6.07 Å². The maximum absolute atomic E-state index is 9.34. The van der Waals surface area contributed by atoms with Crippen molar-refractivity contribution in [2.45, 2.75) is 51.1 Å². The van der Waals surface area contributed by atoms with E-state index in [-0.39, 0.29) is 24.2 Å². The summed E-state index contributed by atoms with van der Waals surface area (Å²) >= 11 is 0. The van der Waals surface area contributed by atoms with E-state index in [1.54, 1.807) is 0 Å². The van der Waals surface area contributed by atoms with Gasteiger partial charge < -0.3 is 9.31 Å². The molecule has 19 heavy (non-hydrogen) atoms. The van der Waals surface area contributed by atoms with E-state index < -0.39 is 0 Å². The van der Waals surface area contributed by atoms with Crippen molar-refractivity contribution in [3.63, 3.8) is 0 Å². The summed E-state index contributed by atoms with van der Waals surface area (Å²) in [7, 11) is -0.324. The summed E-state index contributed by atoms with van der Waals surface area (Å²) < 4.78 is 11.9. The van der Waals surface area contributed by atoms with Crippen molar-refractivity contribution in [2.75, 3.05) is 0 Å². The number of hydrogen-bond donors (Lipinski definition) is 0. The number of nitrogens with zero attached hydrogens (tertiary/aromatic N) is 1. The maximum Gasteiger partial charge on any atom is 0.459 e. The summed E-state index contributed by atoms with van der Waals surface area (Å²) in [4.78, 5) is 0. The molecule has 0 bridgehead atoms. The van der Waals surface area contributed by atoms with Crippen molar-refractivity contribution >= 4 is 7.12 Å². The van der Waals surface area contributed by atoms with Crippen LogP contribution in [0.2, 0.25) is 6.32 Å². The third-order valence-electron chi connectivity index (χ3n) is 4.09. The van der Waals surface area contributed by atoms with Crippen LogP contribution in [0.1, 0.15) is 39.2 Å². The Morgan fingerprint density at radius 1 is 1.11 bits per heavy atom. The average molecular weight is 257 g/mol. The number of hydrogen-bond acceptors (Lipinski definition) is 3. The van der Waals surface area contributed by atoms with Gasteiger partial charge in [-0.05, 0) is 33.3 Å². The number of benzene rings is 1. The predicted octanol–water partition coefficient (Wildman–Crippen LogP) is 3.39. The van der Waals surface area contributed by atoms with Crippen LogP contribution in [0.5, 0.6) is 0 Å². The van der Waals surface area contributed by atoms with Crippen molar-refractivity contribution in [2.24, 2.45) is 0 Å². The van der Waals surface area contributed by atoms with E-state index in [1.807, 2.05) is 58.0 Å². The first kappa shape index (κ1) is 14.1. The fraction of sp³-hybridized carbons (Fsp3) is 0.533. The molecule has 1 fully saturated rings. The topological polar surface area (TPSA) is 42.2 Å². The van der Waals surface area contributed by atoms with E-state index in [0.717, 1.165) is 5.56 Å². The molecule has 100 valence electrons. The SMILES string of the molecule is CC1(C)OB(CC(C#N)c2ccccc2)OC1(C)C. The van der Waals surface area contributed by atoms with E-state index in [1.165, 1.54) is 0 Å². The molecule has 2 rings (SSSR count). The molecule has 0 saturated carbocycles. The van der Waals surface area contributed by atoms with Gasteiger partial charge in [-0.25, -0.2) is 0 Å². The molecule has 4 heteroatoms. The van der Waals surface area contributed by atoms with Gasteiger partial charge >= 0.3 is 7.12 Å². The summed E-state index contributed by atoms with van der Waals surface area (Å²) in [5.41, 5.74) is 0.336. The van der Waals surface area contributed by atoms with Crippen molar-refractivity contribution in [3.05, 3.63) is 35.9 Å². The second kappa shape index (κ2) is 4.99. The first-order valence-electron chi connectivity index (χ1n) is 6.66. The van der Waals surface area contributed by atoms with Gasteiger partial charge in [0, 0.05) is 6.32 Å². The highest BCUT2D eigenvalue weighted by Crippen LogP contribution is 2.39. The first-order chi connectivity index (χ1) is 8.86. The molecule has 0 N–H and O–H groups in total. The summed E-state index contributed by atoms with van der Waals surface area (Å²) in [6, 6.07) is 12.1. The van der Waals surface area contributed by atoms with Crippen LogP contribution >= 0.6 is 0 Å². The highest BCUT2D eigenvalue weighted by atomic mass is 16.7. The minimum Gasteiger partial charge on any atom is -0.403 e. The van der Waals surface area contributed by atoms with Crippen LogP contribution in [0.25, 0.3) is 0 Å². The molecule has 0 aromatic heterocycles. The fourth-order valence-corrected chi connectivity index (χ4v) is 2.20. The van der Waals surface area contributed by atoms with E-state index in [4.69, 9.17) is 9.31 Å². The minimum absolute atomic E-state index is 0.198. The van der Waals surface area contributed by atoms with E-state index >= 15 is 0 Å². The molecule has 1 aromatic carbocycles. The second-order valence-corrected chi connectivity index (χ2v) is 6.01. The van der Waals surface area contributed by atoms with Gasteiger partial charge in [0.25, 0.3) is 0 Å². The van der Waals surface area contributed by atoms with Gasteiger partial charge in [-0.2, -0.15) is 5.26 Å². The molecule has 1 aliphatic rings. The Kier molecular flexibility index (Phi) is 3.71. The molecule has 0 spiro atoms. The third kappa shape index (κ3) is 2.83. The van der Waals surface area contributed by atoms with Gasteiger partial charge in [0.15, 0.2) is 0 Å². The Labute approximate surface area is 115 Å². The van der Waals surface area contributed by atoms with Gasteiger partial charge in [0.2, 0.25) is 0 Å². The van der Waals surface area contributed by atoms with Gasteiger partial charge in [-0.1, -0.05) is 30.3 Å². The van der Waals surface area contributed by atoms with Crippen LogP contribution in [-0.4, -0.2) is 18.3 Å². The summed E-state index contributed by atoms with van der Waals surface area (Å²) in [5, 5.41) is 9.34. The first-order valence-corrected chi connectivity index (χ1v) is 6.66. The average Bonchev–Trinajstić information content (AvgIpc) is 2.56. The molecule has 1 aromatic rings.